The van der Waals surface area contributed by atoms with Crippen molar-refractivity contribution in [1.29, 1.82) is 0 Å². The van der Waals surface area contributed by atoms with Crippen LogP contribution >= 0.6 is 11.8 Å². The van der Waals surface area contributed by atoms with Gasteiger partial charge >= 0.3 is 5.97 Å². The first-order valence-corrected chi connectivity index (χ1v) is 5.02. The average Bonchev–Trinajstić information content (AvgIpc) is 2.15. The molecule has 70 valence electrons. The maximum atomic E-state index is 10.5. The van der Waals surface area contributed by atoms with E-state index in [1.165, 1.54) is 12.3 Å². The highest BCUT2D eigenvalue weighted by molar-refractivity contribution is 7.98. The van der Waals surface area contributed by atoms with Crippen molar-refractivity contribution in [3.63, 3.8) is 0 Å². The molecule has 0 aromatic carbocycles. The normalized spacial score (nSPS) is 9.92. The molecule has 1 aromatic rings. The van der Waals surface area contributed by atoms with Crippen molar-refractivity contribution in [3.05, 3.63) is 23.8 Å². The molecule has 0 aliphatic rings. The lowest BCUT2D eigenvalue weighted by molar-refractivity contribution is 0.0690. The topological polar surface area (TPSA) is 63.1 Å². The SMILES string of the molecule is CCSCc1nccc(C(=O)O)n1. The molecule has 0 unspecified atom stereocenters. The van der Waals surface area contributed by atoms with Crippen LogP contribution in [0.2, 0.25) is 0 Å². The van der Waals surface area contributed by atoms with E-state index in [0.29, 0.717) is 11.6 Å². The summed E-state index contributed by atoms with van der Waals surface area (Å²) in [5.74, 6) is 1.20. The van der Waals surface area contributed by atoms with Gasteiger partial charge in [0.2, 0.25) is 0 Å². The molecule has 0 amide bonds. The fourth-order valence-electron chi connectivity index (χ4n) is 0.781. The monoisotopic (exact) mass is 198 g/mol. The smallest absolute Gasteiger partial charge is 0.354 e. The first kappa shape index (κ1) is 9.98. The molecular formula is C8H10N2O2S. The Bertz CT molecular complexity index is 304. The Balaban J connectivity index is 2.73. The van der Waals surface area contributed by atoms with Gasteiger partial charge in [-0.2, -0.15) is 11.8 Å². The van der Waals surface area contributed by atoms with Gasteiger partial charge in [0.25, 0.3) is 0 Å². The van der Waals surface area contributed by atoms with Crippen LogP contribution < -0.4 is 0 Å². The highest BCUT2D eigenvalue weighted by Crippen LogP contribution is 2.07. The number of nitrogens with zero attached hydrogens (tertiary/aromatic N) is 2. The molecule has 1 aromatic heterocycles. The van der Waals surface area contributed by atoms with Gasteiger partial charge in [-0.05, 0) is 11.8 Å². The predicted molar refractivity (Wildman–Crippen MR) is 50.8 cm³/mol. The first-order valence-electron chi connectivity index (χ1n) is 3.87. The van der Waals surface area contributed by atoms with Gasteiger partial charge in [0.15, 0.2) is 5.69 Å². The number of aromatic nitrogens is 2. The Hall–Kier alpha value is -1.10. The van der Waals surface area contributed by atoms with Crippen molar-refractivity contribution in [2.24, 2.45) is 0 Å². The summed E-state index contributed by atoms with van der Waals surface area (Å²) in [7, 11) is 0. The summed E-state index contributed by atoms with van der Waals surface area (Å²) in [5, 5.41) is 8.64. The molecule has 0 atom stereocenters. The van der Waals surface area contributed by atoms with Gasteiger partial charge in [-0.3, -0.25) is 0 Å². The van der Waals surface area contributed by atoms with Gasteiger partial charge in [0.1, 0.15) is 5.82 Å². The van der Waals surface area contributed by atoms with Gasteiger partial charge in [0.05, 0.1) is 5.75 Å². The van der Waals surface area contributed by atoms with Crippen molar-refractivity contribution in [2.45, 2.75) is 12.7 Å². The fraction of sp³-hybridized carbons (Fsp3) is 0.375. The van der Waals surface area contributed by atoms with Crippen molar-refractivity contribution in [3.8, 4) is 0 Å². The molecule has 0 aliphatic heterocycles. The highest BCUT2D eigenvalue weighted by Gasteiger charge is 2.05. The van der Waals surface area contributed by atoms with Crippen LogP contribution in [0.25, 0.3) is 0 Å². The summed E-state index contributed by atoms with van der Waals surface area (Å²) in [6.45, 7) is 2.03. The molecule has 1 heterocycles. The second kappa shape index (κ2) is 4.81. The molecule has 4 nitrogen and oxygen atoms in total. The van der Waals surface area contributed by atoms with Gasteiger partial charge in [-0.15, -0.1) is 0 Å². The number of rotatable bonds is 4. The van der Waals surface area contributed by atoms with E-state index < -0.39 is 5.97 Å². The second-order valence-electron chi connectivity index (χ2n) is 2.30. The molecule has 5 heteroatoms. The third-order valence-electron chi connectivity index (χ3n) is 1.36. The number of hydrogen-bond donors (Lipinski definition) is 1. The van der Waals surface area contributed by atoms with E-state index >= 15 is 0 Å². The number of hydrogen-bond acceptors (Lipinski definition) is 4. The van der Waals surface area contributed by atoms with Gasteiger partial charge in [0, 0.05) is 6.20 Å². The van der Waals surface area contributed by atoms with E-state index in [4.69, 9.17) is 5.11 Å². The second-order valence-corrected chi connectivity index (χ2v) is 3.57. The van der Waals surface area contributed by atoms with Crippen LogP contribution in [0.5, 0.6) is 0 Å². The quantitative estimate of drug-likeness (QED) is 0.792. The number of carboxylic acid groups (broad SMARTS) is 1. The minimum absolute atomic E-state index is 0.0571. The molecule has 0 saturated heterocycles. The molecule has 0 bridgehead atoms. The third kappa shape index (κ3) is 3.02. The summed E-state index contributed by atoms with van der Waals surface area (Å²) < 4.78 is 0. The Kier molecular flexibility index (Phi) is 3.70. The van der Waals surface area contributed by atoms with Crippen molar-refractivity contribution in [2.75, 3.05) is 5.75 Å². The van der Waals surface area contributed by atoms with E-state index in [1.807, 2.05) is 6.92 Å². The first-order chi connectivity index (χ1) is 6.24. The summed E-state index contributed by atoms with van der Waals surface area (Å²) in [6.07, 6.45) is 1.47. The van der Waals surface area contributed by atoms with Crippen molar-refractivity contribution < 1.29 is 9.90 Å². The molecule has 1 N–H and O–H groups in total. The molecule has 0 saturated carbocycles. The van der Waals surface area contributed by atoms with E-state index in [0.717, 1.165) is 5.75 Å². The maximum Gasteiger partial charge on any atom is 0.354 e. The number of thioether (sulfide) groups is 1. The molecule has 0 radical (unpaired) electrons. The van der Waals surface area contributed by atoms with Crippen LogP contribution in [0.4, 0.5) is 0 Å². The van der Waals surface area contributed by atoms with E-state index in [2.05, 4.69) is 9.97 Å². The van der Waals surface area contributed by atoms with Gasteiger partial charge < -0.3 is 5.11 Å². The molecule has 13 heavy (non-hydrogen) atoms. The summed E-state index contributed by atoms with van der Waals surface area (Å²) in [6, 6.07) is 1.39. The van der Waals surface area contributed by atoms with E-state index in [-0.39, 0.29) is 5.69 Å². The van der Waals surface area contributed by atoms with Crippen LogP contribution in [0, 0.1) is 0 Å². The van der Waals surface area contributed by atoms with Crippen molar-refractivity contribution in [1.82, 2.24) is 9.97 Å². The van der Waals surface area contributed by atoms with Crippen LogP contribution in [0.1, 0.15) is 23.2 Å². The Morgan fingerprint density at radius 3 is 3.08 bits per heavy atom. The lowest BCUT2D eigenvalue weighted by Gasteiger charge is -1.98. The maximum absolute atomic E-state index is 10.5. The predicted octanol–water partition coefficient (Wildman–Crippen LogP) is 1.43. The van der Waals surface area contributed by atoms with Gasteiger partial charge in [-0.1, -0.05) is 6.92 Å². The van der Waals surface area contributed by atoms with Crippen LogP contribution in [0.3, 0.4) is 0 Å². The highest BCUT2D eigenvalue weighted by atomic mass is 32.2. The Labute approximate surface area is 80.4 Å². The third-order valence-corrected chi connectivity index (χ3v) is 2.23. The lowest BCUT2D eigenvalue weighted by atomic mass is 10.4. The summed E-state index contributed by atoms with van der Waals surface area (Å²) in [4.78, 5) is 18.4. The Morgan fingerprint density at radius 1 is 1.69 bits per heavy atom. The fourth-order valence-corrected chi connectivity index (χ4v) is 1.31. The standard InChI is InChI=1S/C8H10N2O2S/c1-2-13-5-7-9-4-3-6(10-7)8(11)12/h3-4H,2,5H2,1H3,(H,11,12). The van der Waals surface area contributed by atoms with Crippen LogP contribution in [-0.2, 0) is 5.75 Å². The molecule has 0 spiro atoms. The minimum atomic E-state index is -1.01. The summed E-state index contributed by atoms with van der Waals surface area (Å²) >= 11 is 1.66. The molecule has 1 rings (SSSR count). The summed E-state index contributed by atoms with van der Waals surface area (Å²) in [5.41, 5.74) is 0.0571. The van der Waals surface area contributed by atoms with Crippen LogP contribution in [0.15, 0.2) is 12.3 Å². The zero-order chi connectivity index (χ0) is 9.68. The lowest BCUT2D eigenvalue weighted by Crippen LogP contribution is -2.03. The van der Waals surface area contributed by atoms with Crippen molar-refractivity contribution >= 4 is 17.7 Å². The number of carboxylic acids is 1. The minimum Gasteiger partial charge on any atom is -0.477 e. The largest absolute Gasteiger partial charge is 0.477 e. The van der Waals surface area contributed by atoms with Crippen LogP contribution in [-0.4, -0.2) is 26.8 Å². The van der Waals surface area contributed by atoms with E-state index in [9.17, 15) is 4.79 Å². The van der Waals surface area contributed by atoms with Gasteiger partial charge in [-0.25, -0.2) is 14.8 Å². The zero-order valence-corrected chi connectivity index (χ0v) is 8.04. The number of carbonyl (C=O) groups is 1. The average molecular weight is 198 g/mol. The number of aromatic carboxylic acids is 1. The zero-order valence-electron chi connectivity index (χ0n) is 7.23. The molecular weight excluding hydrogens is 188 g/mol. The molecule has 0 aliphatic carbocycles. The Morgan fingerprint density at radius 2 is 2.46 bits per heavy atom. The van der Waals surface area contributed by atoms with E-state index in [1.54, 1.807) is 11.8 Å². The molecule has 0 fully saturated rings.